The zero-order valence-electron chi connectivity index (χ0n) is 9.80. The van der Waals surface area contributed by atoms with E-state index in [1.807, 2.05) is 12.1 Å². The van der Waals surface area contributed by atoms with Crippen molar-refractivity contribution in [1.29, 1.82) is 0 Å². The SMILES string of the molecule is CCn1nc2ccccc2c1-c1ccccc1. The third-order valence-electron chi connectivity index (χ3n) is 2.99. The van der Waals surface area contributed by atoms with Gasteiger partial charge >= 0.3 is 0 Å². The van der Waals surface area contributed by atoms with Crippen molar-refractivity contribution in [1.82, 2.24) is 9.78 Å². The number of hydrogen-bond donors (Lipinski definition) is 0. The van der Waals surface area contributed by atoms with Gasteiger partial charge in [-0.05, 0) is 13.0 Å². The molecule has 2 heteroatoms. The van der Waals surface area contributed by atoms with Gasteiger partial charge in [-0.25, -0.2) is 0 Å². The average Bonchev–Trinajstić information content (AvgIpc) is 2.78. The summed E-state index contributed by atoms with van der Waals surface area (Å²) in [6.45, 7) is 3.01. The van der Waals surface area contributed by atoms with Gasteiger partial charge < -0.3 is 0 Å². The first-order valence-corrected chi connectivity index (χ1v) is 5.91. The zero-order valence-corrected chi connectivity index (χ0v) is 9.80. The highest BCUT2D eigenvalue weighted by molar-refractivity contribution is 5.93. The van der Waals surface area contributed by atoms with Crippen LogP contribution in [0, 0.1) is 0 Å². The number of benzene rings is 2. The summed E-state index contributed by atoms with van der Waals surface area (Å²) in [5.74, 6) is 0. The molecule has 0 aliphatic heterocycles. The molecular formula is C15H14N2. The van der Waals surface area contributed by atoms with Crippen LogP contribution in [0.3, 0.4) is 0 Å². The Morgan fingerprint density at radius 3 is 2.41 bits per heavy atom. The second-order valence-corrected chi connectivity index (χ2v) is 4.05. The lowest BCUT2D eigenvalue weighted by Gasteiger charge is -2.04. The molecule has 2 nitrogen and oxygen atoms in total. The Bertz CT molecular complexity index is 638. The first-order valence-electron chi connectivity index (χ1n) is 5.91. The van der Waals surface area contributed by atoms with Crippen LogP contribution in [0.25, 0.3) is 22.2 Å². The topological polar surface area (TPSA) is 17.8 Å². The number of rotatable bonds is 2. The maximum Gasteiger partial charge on any atom is 0.0929 e. The van der Waals surface area contributed by atoms with E-state index in [4.69, 9.17) is 0 Å². The van der Waals surface area contributed by atoms with Gasteiger partial charge in [0.15, 0.2) is 0 Å². The lowest BCUT2D eigenvalue weighted by Crippen LogP contribution is -1.98. The molecule has 0 unspecified atom stereocenters. The van der Waals surface area contributed by atoms with Crippen LogP contribution in [-0.4, -0.2) is 9.78 Å². The quantitative estimate of drug-likeness (QED) is 0.646. The molecule has 0 radical (unpaired) electrons. The highest BCUT2D eigenvalue weighted by Gasteiger charge is 2.10. The highest BCUT2D eigenvalue weighted by Crippen LogP contribution is 2.28. The van der Waals surface area contributed by atoms with Gasteiger partial charge in [-0.15, -0.1) is 0 Å². The Morgan fingerprint density at radius 1 is 0.941 bits per heavy atom. The molecule has 0 aliphatic rings. The molecule has 0 N–H and O–H groups in total. The first-order chi connectivity index (χ1) is 8.40. The molecule has 0 bridgehead atoms. The van der Waals surface area contributed by atoms with Crippen molar-refractivity contribution in [2.45, 2.75) is 13.5 Å². The molecule has 0 fully saturated rings. The predicted octanol–water partition coefficient (Wildman–Crippen LogP) is 3.72. The van der Waals surface area contributed by atoms with Gasteiger partial charge in [-0.1, -0.05) is 48.5 Å². The van der Waals surface area contributed by atoms with Crippen LogP contribution in [0.4, 0.5) is 0 Å². The van der Waals surface area contributed by atoms with E-state index < -0.39 is 0 Å². The number of nitrogens with zero attached hydrogens (tertiary/aromatic N) is 2. The Hall–Kier alpha value is -2.09. The summed E-state index contributed by atoms with van der Waals surface area (Å²) in [6.07, 6.45) is 0. The fourth-order valence-electron chi connectivity index (χ4n) is 2.21. The molecule has 3 aromatic rings. The number of fused-ring (bicyclic) bond motifs is 1. The summed E-state index contributed by atoms with van der Waals surface area (Å²) in [5.41, 5.74) is 3.50. The minimum atomic E-state index is 0.888. The Morgan fingerprint density at radius 2 is 1.65 bits per heavy atom. The minimum absolute atomic E-state index is 0.888. The van der Waals surface area contributed by atoms with Crippen molar-refractivity contribution < 1.29 is 0 Å². The molecular weight excluding hydrogens is 208 g/mol. The predicted molar refractivity (Wildman–Crippen MR) is 70.8 cm³/mol. The minimum Gasteiger partial charge on any atom is -0.264 e. The van der Waals surface area contributed by atoms with E-state index >= 15 is 0 Å². The largest absolute Gasteiger partial charge is 0.264 e. The van der Waals surface area contributed by atoms with Crippen molar-refractivity contribution in [2.75, 3.05) is 0 Å². The van der Waals surface area contributed by atoms with E-state index in [0.717, 1.165) is 12.1 Å². The molecule has 17 heavy (non-hydrogen) atoms. The lowest BCUT2D eigenvalue weighted by atomic mass is 10.1. The van der Waals surface area contributed by atoms with Crippen LogP contribution >= 0.6 is 0 Å². The van der Waals surface area contributed by atoms with Crippen LogP contribution in [0.2, 0.25) is 0 Å². The van der Waals surface area contributed by atoms with Gasteiger partial charge in [-0.2, -0.15) is 5.10 Å². The van der Waals surface area contributed by atoms with Gasteiger partial charge in [0, 0.05) is 17.5 Å². The molecule has 0 saturated heterocycles. The van der Waals surface area contributed by atoms with Gasteiger partial charge in [0.25, 0.3) is 0 Å². The van der Waals surface area contributed by atoms with Crippen molar-refractivity contribution >= 4 is 10.9 Å². The van der Waals surface area contributed by atoms with Gasteiger partial charge in [0.2, 0.25) is 0 Å². The normalized spacial score (nSPS) is 10.9. The monoisotopic (exact) mass is 222 g/mol. The molecule has 84 valence electrons. The molecule has 3 rings (SSSR count). The third kappa shape index (κ3) is 1.62. The molecule has 0 atom stereocenters. The number of aryl methyl sites for hydroxylation is 1. The lowest BCUT2D eigenvalue weighted by molar-refractivity contribution is 0.675. The Labute approximate surface area is 101 Å². The number of hydrogen-bond acceptors (Lipinski definition) is 1. The van der Waals surface area contributed by atoms with E-state index in [0.29, 0.717) is 0 Å². The smallest absolute Gasteiger partial charge is 0.0929 e. The van der Waals surface area contributed by atoms with Crippen molar-refractivity contribution in [3.05, 3.63) is 54.6 Å². The van der Waals surface area contributed by atoms with Crippen LogP contribution in [0.15, 0.2) is 54.6 Å². The highest BCUT2D eigenvalue weighted by atomic mass is 15.3. The maximum atomic E-state index is 4.62. The molecule has 1 aromatic heterocycles. The van der Waals surface area contributed by atoms with E-state index in [-0.39, 0.29) is 0 Å². The first kappa shape index (κ1) is 10.1. The van der Waals surface area contributed by atoms with E-state index in [9.17, 15) is 0 Å². The van der Waals surface area contributed by atoms with E-state index in [1.54, 1.807) is 0 Å². The summed E-state index contributed by atoms with van der Waals surface area (Å²) in [7, 11) is 0. The van der Waals surface area contributed by atoms with Crippen LogP contribution in [0.5, 0.6) is 0 Å². The zero-order chi connectivity index (χ0) is 11.7. The molecule has 1 heterocycles. The third-order valence-corrected chi connectivity index (χ3v) is 2.99. The molecule has 0 aliphatic carbocycles. The summed E-state index contributed by atoms with van der Waals surface area (Å²) < 4.78 is 2.07. The van der Waals surface area contributed by atoms with Gasteiger partial charge in [0.1, 0.15) is 0 Å². The second kappa shape index (κ2) is 4.06. The van der Waals surface area contributed by atoms with Gasteiger partial charge in [0.05, 0.1) is 11.2 Å². The average molecular weight is 222 g/mol. The summed E-state index contributed by atoms with van der Waals surface area (Å²) in [4.78, 5) is 0. The van der Waals surface area contributed by atoms with Crippen LogP contribution in [0.1, 0.15) is 6.92 Å². The fraction of sp³-hybridized carbons (Fsp3) is 0.133. The van der Waals surface area contributed by atoms with Crippen molar-refractivity contribution in [3.8, 4) is 11.3 Å². The summed E-state index contributed by atoms with van der Waals surface area (Å²) in [6, 6.07) is 18.7. The van der Waals surface area contributed by atoms with E-state index in [1.165, 1.54) is 16.6 Å². The number of aromatic nitrogens is 2. The van der Waals surface area contributed by atoms with E-state index in [2.05, 4.69) is 59.2 Å². The summed E-state index contributed by atoms with van der Waals surface area (Å²) >= 11 is 0. The molecule has 0 amide bonds. The molecule has 2 aromatic carbocycles. The van der Waals surface area contributed by atoms with Crippen molar-refractivity contribution in [3.63, 3.8) is 0 Å². The van der Waals surface area contributed by atoms with Crippen LogP contribution in [-0.2, 0) is 6.54 Å². The Kier molecular flexibility index (Phi) is 2.41. The maximum absolute atomic E-state index is 4.62. The standard InChI is InChI=1S/C15H14N2/c1-2-17-15(12-8-4-3-5-9-12)13-10-6-7-11-14(13)16-17/h3-11H,2H2,1H3. The second-order valence-electron chi connectivity index (χ2n) is 4.05. The van der Waals surface area contributed by atoms with Gasteiger partial charge in [-0.3, -0.25) is 4.68 Å². The van der Waals surface area contributed by atoms with Crippen molar-refractivity contribution in [2.24, 2.45) is 0 Å². The van der Waals surface area contributed by atoms with Crippen LogP contribution < -0.4 is 0 Å². The molecule has 0 spiro atoms. The molecule has 0 saturated carbocycles. The Balaban J connectivity index is 2.34. The summed E-state index contributed by atoms with van der Waals surface area (Å²) in [5, 5.41) is 5.85. The fourth-order valence-corrected chi connectivity index (χ4v) is 2.21.